The Morgan fingerprint density at radius 2 is 2.10 bits per heavy atom. The quantitative estimate of drug-likeness (QED) is 0.895. The van der Waals surface area contributed by atoms with Crippen LogP contribution in [0, 0.1) is 0 Å². The highest BCUT2D eigenvalue weighted by molar-refractivity contribution is 5.12. The standard InChI is InChI=1S/C16H27N3O/c1-13(2)17-10-14-6-5-7-15(18-14)11-19-8-9-20-12-16(19,3)4/h5-7,13,17H,8-12H2,1-4H3. The molecular formula is C16H27N3O. The minimum absolute atomic E-state index is 0.0894. The van der Waals surface area contributed by atoms with E-state index in [1.807, 2.05) is 0 Å². The zero-order valence-electron chi connectivity index (χ0n) is 13.1. The van der Waals surface area contributed by atoms with Crippen molar-refractivity contribution in [3.05, 3.63) is 29.6 Å². The van der Waals surface area contributed by atoms with E-state index in [-0.39, 0.29) is 5.54 Å². The third-order valence-corrected chi connectivity index (χ3v) is 3.73. The monoisotopic (exact) mass is 277 g/mol. The lowest BCUT2D eigenvalue weighted by atomic mass is 10.0. The van der Waals surface area contributed by atoms with Crippen LogP contribution in [0.4, 0.5) is 0 Å². The van der Waals surface area contributed by atoms with E-state index in [4.69, 9.17) is 9.72 Å². The molecule has 0 bridgehead atoms. The molecule has 1 fully saturated rings. The van der Waals surface area contributed by atoms with E-state index < -0.39 is 0 Å². The molecule has 0 radical (unpaired) electrons. The molecule has 1 aromatic rings. The van der Waals surface area contributed by atoms with Gasteiger partial charge in [0.1, 0.15) is 0 Å². The van der Waals surface area contributed by atoms with Crippen LogP contribution in [0.1, 0.15) is 39.1 Å². The Balaban J connectivity index is 2.00. The maximum Gasteiger partial charge on any atom is 0.0645 e. The van der Waals surface area contributed by atoms with Crippen LogP contribution in [-0.2, 0) is 17.8 Å². The lowest BCUT2D eigenvalue weighted by Gasteiger charge is -2.41. The second-order valence-corrected chi connectivity index (χ2v) is 6.44. The van der Waals surface area contributed by atoms with Crippen molar-refractivity contribution in [1.82, 2.24) is 15.2 Å². The van der Waals surface area contributed by atoms with Crippen molar-refractivity contribution in [2.75, 3.05) is 19.8 Å². The molecule has 0 spiro atoms. The molecule has 0 amide bonds. The summed E-state index contributed by atoms with van der Waals surface area (Å²) in [6, 6.07) is 6.79. The summed E-state index contributed by atoms with van der Waals surface area (Å²) in [4.78, 5) is 7.22. The number of aromatic nitrogens is 1. The second-order valence-electron chi connectivity index (χ2n) is 6.44. The van der Waals surface area contributed by atoms with Gasteiger partial charge in [-0.3, -0.25) is 9.88 Å². The van der Waals surface area contributed by atoms with Gasteiger partial charge >= 0.3 is 0 Å². The van der Waals surface area contributed by atoms with Gasteiger partial charge in [-0.25, -0.2) is 0 Å². The van der Waals surface area contributed by atoms with Gasteiger partial charge in [0.25, 0.3) is 0 Å². The van der Waals surface area contributed by atoms with E-state index in [2.05, 4.69) is 56.1 Å². The van der Waals surface area contributed by atoms with Crippen molar-refractivity contribution in [2.24, 2.45) is 0 Å². The number of hydrogen-bond acceptors (Lipinski definition) is 4. The van der Waals surface area contributed by atoms with Gasteiger partial charge in [-0.2, -0.15) is 0 Å². The first-order valence-corrected chi connectivity index (χ1v) is 7.48. The maximum atomic E-state index is 5.57. The molecule has 20 heavy (non-hydrogen) atoms. The fourth-order valence-electron chi connectivity index (χ4n) is 2.40. The lowest BCUT2D eigenvalue weighted by molar-refractivity contribution is -0.0558. The Morgan fingerprint density at radius 3 is 2.80 bits per heavy atom. The van der Waals surface area contributed by atoms with Crippen LogP contribution in [0.25, 0.3) is 0 Å². The van der Waals surface area contributed by atoms with Crippen molar-refractivity contribution in [3.63, 3.8) is 0 Å². The highest BCUT2D eigenvalue weighted by Gasteiger charge is 2.30. The van der Waals surface area contributed by atoms with Crippen LogP contribution in [0.15, 0.2) is 18.2 Å². The SMILES string of the molecule is CC(C)NCc1cccc(CN2CCOCC2(C)C)n1. The number of pyridine rings is 1. The van der Waals surface area contributed by atoms with Gasteiger partial charge in [0.05, 0.1) is 24.6 Å². The second kappa shape index (κ2) is 6.66. The summed E-state index contributed by atoms with van der Waals surface area (Å²) in [6.45, 7) is 13.1. The minimum atomic E-state index is 0.0894. The molecule has 0 saturated carbocycles. The molecule has 0 unspecified atom stereocenters. The Morgan fingerprint density at radius 1 is 1.35 bits per heavy atom. The van der Waals surface area contributed by atoms with Crippen molar-refractivity contribution in [2.45, 2.75) is 52.4 Å². The maximum absolute atomic E-state index is 5.57. The van der Waals surface area contributed by atoms with Gasteiger partial charge < -0.3 is 10.1 Å². The molecule has 0 aliphatic carbocycles. The van der Waals surface area contributed by atoms with E-state index in [0.717, 1.165) is 44.2 Å². The van der Waals surface area contributed by atoms with Gasteiger partial charge in [-0.15, -0.1) is 0 Å². The summed E-state index contributed by atoms with van der Waals surface area (Å²) in [5, 5.41) is 3.41. The molecule has 4 heteroatoms. The van der Waals surface area contributed by atoms with Crippen molar-refractivity contribution >= 4 is 0 Å². The number of morpholine rings is 1. The van der Waals surface area contributed by atoms with Crippen LogP contribution >= 0.6 is 0 Å². The molecule has 112 valence electrons. The normalized spacial score (nSPS) is 19.4. The Hall–Kier alpha value is -0.970. The number of nitrogens with zero attached hydrogens (tertiary/aromatic N) is 2. The van der Waals surface area contributed by atoms with Crippen LogP contribution in [0.5, 0.6) is 0 Å². The summed E-state index contributed by atoms with van der Waals surface area (Å²) >= 11 is 0. The summed E-state index contributed by atoms with van der Waals surface area (Å²) in [6.07, 6.45) is 0. The van der Waals surface area contributed by atoms with Gasteiger partial charge in [0, 0.05) is 31.2 Å². The summed E-state index contributed by atoms with van der Waals surface area (Å²) in [5.41, 5.74) is 2.34. The van der Waals surface area contributed by atoms with Crippen LogP contribution in [0.2, 0.25) is 0 Å². The molecule has 0 atom stereocenters. The van der Waals surface area contributed by atoms with Gasteiger partial charge in [-0.1, -0.05) is 19.9 Å². The lowest BCUT2D eigenvalue weighted by Crippen LogP contribution is -2.52. The average Bonchev–Trinajstić information content (AvgIpc) is 2.39. The van der Waals surface area contributed by atoms with E-state index in [9.17, 15) is 0 Å². The van der Waals surface area contributed by atoms with Gasteiger partial charge in [0.2, 0.25) is 0 Å². The fraction of sp³-hybridized carbons (Fsp3) is 0.688. The number of ether oxygens (including phenoxy) is 1. The zero-order chi connectivity index (χ0) is 14.6. The van der Waals surface area contributed by atoms with Crippen molar-refractivity contribution < 1.29 is 4.74 Å². The number of hydrogen-bond donors (Lipinski definition) is 1. The topological polar surface area (TPSA) is 37.4 Å². The van der Waals surface area contributed by atoms with Crippen LogP contribution in [0.3, 0.4) is 0 Å². The summed E-state index contributed by atoms with van der Waals surface area (Å²) in [7, 11) is 0. The molecule has 1 aromatic heterocycles. The molecule has 2 heterocycles. The highest BCUT2D eigenvalue weighted by Crippen LogP contribution is 2.21. The van der Waals surface area contributed by atoms with Crippen molar-refractivity contribution in [1.29, 1.82) is 0 Å². The molecule has 2 rings (SSSR count). The largest absolute Gasteiger partial charge is 0.378 e. The molecular weight excluding hydrogens is 250 g/mol. The predicted molar refractivity (Wildman–Crippen MR) is 81.5 cm³/mol. The Labute approximate surface area is 122 Å². The average molecular weight is 277 g/mol. The van der Waals surface area contributed by atoms with E-state index in [1.54, 1.807) is 0 Å². The zero-order valence-corrected chi connectivity index (χ0v) is 13.1. The van der Waals surface area contributed by atoms with E-state index >= 15 is 0 Å². The molecule has 1 aliphatic heterocycles. The first-order chi connectivity index (χ1) is 9.47. The van der Waals surface area contributed by atoms with Crippen molar-refractivity contribution in [3.8, 4) is 0 Å². The van der Waals surface area contributed by atoms with E-state index in [1.165, 1.54) is 0 Å². The molecule has 1 aliphatic rings. The number of rotatable bonds is 5. The molecule has 1 saturated heterocycles. The molecule has 0 aromatic carbocycles. The smallest absolute Gasteiger partial charge is 0.0645 e. The summed E-state index contributed by atoms with van der Waals surface area (Å²) < 4.78 is 5.57. The van der Waals surface area contributed by atoms with Gasteiger partial charge in [-0.05, 0) is 26.0 Å². The fourth-order valence-corrected chi connectivity index (χ4v) is 2.40. The van der Waals surface area contributed by atoms with Crippen LogP contribution < -0.4 is 5.32 Å². The molecule has 1 N–H and O–H groups in total. The highest BCUT2D eigenvalue weighted by atomic mass is 16.5. The third kappa shape index (κ3) is 4.27. The summed E-state index contributed by atoms with van der Waals surface area (Å²) in [5.74, 6) is 0. The third-order valence-electron chi connectivity index (χ3n) is 3.73. The Kier molecular flexibility index (Phi) is 5.13. The first kappa shape index (κ1) is 15.4. The Bertz CT molecular complexity index is 431. The minimum Gasteiger partial charge on any atom is -0.378 e. The van der Waals surface area contributed by atoms with Crippen LogP contribution in [-0.4, -0.2) is 41.2 Å². The van der Waals surface area contributed by atoms with E-state index in [0.29, 0.717) is 6.04 Å². The number of nitrogens with one attached hydrogen (secondary N) is 1. The first-order valence-electron chi connectivity index (χ1n) is 7.48. The molecule has 4 nitrogen and oxygen atoms in total. The van der Waals surface area contributed by atoms with Gasteiger partial charge in [0.15, 0.2) is 0 Å². The predicted octanol–water partition coefficient (Wildman–Crippen LogP) is 2.19.